The Balaban J connectivity index is 1.53. The van der Waals surface area contributed by atoms with E-state index in [1.165, 1.54) is 34.7 Å². The molecule has 0 amide bonds. The van der Waals surface area contributed by atoms with Crippen LogP contribution in [-0.4, -0.2) is 19.7 Å². The summed E-state index contributed by atoms with van der Waals surface area (Å²) in [6.45, 7) is 0. The van der Waals surface area contributed by atoms with E-state index in [4.69, 9.17) is 8.94 Å². The molecule has 0 fully saturated rings. The highest BCUT2D eigenvalue weighted by atomic mass is 32.2. The van der Waals surface area contributed by atoms with E-state index >= 15 is 0 Å². The molecule has 0 aliphatic rings. The molecule has 7 nitrogen and oxygen atoms in total. The molecule has 0 aliphatic heterocycles. The number of halogens is 1. The number of thioether (sulfide) groups is 1. The van der Waals surface area contributed by atoms with E-state index in [0.717, 1.165) is 0 Å². The number of hydrogen-bond donors (Lipinski definition) is 0. The molecule has 0 unspecified atom stereocenters. The number of furan rings is 1. The molecule has 3 aromatic heterocycles. The fraction of sp³-hybridized carbons (Fsp3) is 0.0476. The third kappa shape index (κ3) is 3.39. The summed E-state index contributed by atoms with van der Waals surface area (Å²) in [5.41, 5.74) is 0.852. The lowest BCUT2D eigenvalue weighted by Gasteiger charge is -2.12. The molecule has 5 aromatic rings. The maximum atomic E-state index is 13.4. The molecule has 2 aromatic carbocycles. The minimum Gasteiger partial charge on any atom is -0.461 e. The quantitative estimate of drug-likeness (QED) is 0.306. The van der Waals surface area contributed by atoms with Crippen LogP contribution in [0.5, 0.6) is 0 Å². The maximum absolute atomic E-state index is 13.4. The Labute approximate surface area is 173 Å². The summed E-state index contributed by atoms with van der Waals surface area (Å²) in [6, 6.07) is 16.3. The molecule has 0 radical (unpaired) electrons. The Morgan fingerprint density at radius 1 is 1.00 bits per heavy atom. The average molecular weight is 420 g/mol. The van der Waals surface area contributed by atoms with Gasteiger partial charge in [-0.3, -0.25) is 9.36 Å². The van der Waals surface area contributed by atoms with Crippen LogP contribution in [0.2, 0.25) is 0 Å². The molecule has 5 rings (SSSR count). The van der Waals surface area contributed by atoms with Gasteiger partial charge in [0.25, 0.3) is 5.56 Å². The Kier molecular flexibility index (Phi) is 4.64. The molecule has 9 heteroatoms. The van der Waals surface area contributed by atoms with E-state index in [-0.39, 0.29) is 11.4 Å². The molecule has 0 saturated heterocycles. The molecule has 0 spiro atoms. The number of nitrogens with zero attached hydrogens (tertiary/aromatic N) is 4. The van der Waals surface area contributed by atoms with Crippen molar-refractivity contribution in [1.82, 2.24) is 19.7 Å². The molecule has 0 N–H and O–H groups in total. The predicted molar refractivity (Wildman–Crippen MR) is 109 cm³/mol. The summed E-state index contributed by atoms with van der Waals surface area (Å²) in [4.78, 5) is 22.1. The summed E-state index contributed by atoms with van der Waals surface area (Å²) in [5.74, 6) is 1.12. The van der Waals surface area contributed by atoms with Gasteiger partial charge in [-0.1, -0.05) is 29.1 Å². The summed E-state index contributed by atoms with van der Waals surface area (Å²) in [7, 11) is 0. The maximum Gasteiger partial charge on any atom is 0.266 e. The number of benzene rings is 2. The summed E-state index contributed by atoms with van der Waals surface area (Å²) in [5, 5.41) is 4.81. The number of fused-ring (bicyclic) bond motifs is 1. The lowest BCUT2D eigenvalue weighted by Crippen LogP contribution is -2.21. The molecule has 0 saturated carbocycles. The van der Waals surface area contributed by atoms with Crippen molar-refractivity contribution in [3.05, 3.63) is 89.0 Å². The van der Waals surface area contributed by atoms with Crippen molar-refractivity contribution < 1.29 is 13.3 Å². The van der Waals surface area contributed by atoms with Crippen LogP contribution in [0.25, 0.3) is 28.2 Å². The van der Waals surface area contributed by atoms with Crippen LogP contribution in [0, 0.1) is 5.82 Å². The number of para-hydroxylation sites is 1. The van der Waals surface area contributed by atoms with Crippen molar-refractivity contribution >= 4 is 22.7 Å². The van der Waals surface area contributed by atoms with Gasteiger partial charge >= 0.3 is 0 Å². The van der Waals surface area contributed by atoms with E-state index in [9.17, 15) is 9.18 Å². The third-order valence-corrected chi connectivity index (χ3v) is 5.29. The second kappa shape index (κ2) is 7.60. The van der Waals surface area contributed by atoms with Gasteiger partial charge in [0.2, 0.25) is 11.7 Å². The Morgan fingerprint density at radius 2 is 1.83 bits per heavy atom. The monoisotopic (exact) mass is 420 g/mol. The van der Waals surface area contributed by atoms with Crippen molar-refractivity contribution in [3.8, 4) is 17.3 Å². The van der Waals surface area contributed by atoms with Gasteiger partial charge in [0.05, 0.1) is 28.6 Å². The van der Waals surface area contributed by atoms with Crippen LogP contribution in [0.15, 0.2) is 85.8 Å². The predicted octanol–water partition coefficient (Wildman–Crippen LogP) is 4.46. The van der Waals surface area contributed by atoms with E-state index in [1.807, 2.05) is 6.07 Å². The van der Waals surface area contributed by atoms with Gasteiger partial charge in [0.15, 0.2) is 10.9 Å². The number of hydrogen-bond acceptors (Lipinski definition) is 7. The topological polar surface area (TPSA) is 86.9 Å². The first-order valence-electron chi connectivity index (χ1n) is 8.96. The molecule has 3 heterocycles. The Morgan fingerprint density at radius 3 is 2.63 bits per heavy atom. The van der Waals surface area contributed by atoms with Gasteiger partial charge in [0.1, 0.15) is 5.82 Å². The van der Waals surface area contributed by atoms with Crippen LogP contribution < -0.4 is 5.56 Å². The van der Waals surface area contributed by atoms with E-state index in [0.29, 0.717) is 45.0 Å². The van der Waals surface area contributed by atoms with Gasteiger partial charge < -0.3 is 8.94 Å². The van der Waals surface area contributed by atoms with Crippen LogP contribution >= 0.6 is 11.8 Å². The Bertz CT molecular complexity index is 1380. The number of rotatable bonds is 5. The summed E-state index contributed by atoms with van der Waals surface area (Å²) in [6.07, 6.45) is 1.53. The summed E-state index contributed by atoms with van der Waals surface area (Å²) < 4.78 is 25.4. The lowest BCUT2D eigenvalue weighted by atomic mass is 10.2. The first-order valence-corrected chi connectivity index (χ1v) is 9.94. The third-order valence-electron chi connectivity index (χ3n) is 4.36. The fourth-order valence-corrected chi connectivity index (χ4v) is 3.82. The van der Waals surface area contributed by atoms with Crippen LogP contribution in [0.4, 0.5) is 4.39 Å². The first kappa shape index (κ1) is 18.3. The average Bonchev–Trinajstić information content (AvgIpc) is 3.45. The van der Waals surface area contributed by atoms with Gasteiger partial charge in [-0.05, 0) is 48.5 Å². The molecule has 0 bridgehead atoms. The van der Waals surface area contributed by atoms with Crippen LogP contribution in [-0.2, 0) is 5.75 Å². The van der Waals surface area contributed by atoms with Crippen molar-refractivity contribution in [3.63, 3.8) is 0 Å². The highest BCUT2D eigenvalue weighted by Gasteiger charge is 2.16. The van der Waals surface area contributed by atoms with Crippen molar-refractivity contribution in [1.29, 1.82) is 0 Å². The van der Waals surface area contributed by atoms with E-state index in [1.54, 1.807) is 42.5 Å². The summed E-state index contributed by atoms with van der Waals surface area (Å²) >= 11 is 1.27. The van der Waals surface area contributed by atoms with E-state index < -0.39 is 0 Å². The van der Waals surface area contributed by atoms with Crippen LogP contribution in [0.3, 0.4) is 0 Å². The van der Waals surface area contributed by atoms with Crippen molar-refractivity contribution in [2.24, 2.45) is 0 Å². The number of aromatic nitrogens is 4. The second-order valence-electron chi connectivity index (χ2n) is 6.31. The minimum absolute atomic E-state index is 0.239. The zero-order valence-corrected chi connectivity index (χ0v) is 16.2. The molecule has 30 heavy (non-hydrogen) atoms. The lowest BCUT2D eigenvalue weighted by molar-refractivity contribution is 0.390. The second-order valence-corrected chi connectivity index (χ2v) is 7.25. The zero-order chi connectivity index (χ0) is 20.5. The first-order chi connectivity index (χ1) is 14.7. The van der Waals surface area contributed by atoms with Gasteiger partial charge in [-0.15, -0.1) is 0 Å². The van der Waals surface area contributed by atoms with Gasteiger partial charge in [-0.25, -0.2) is 9.37 Å². The van der Waals surface area contributed by atoms with Crippen molar-refractivity contribution in [2.45, 2.75) is 10.9 Å². The highest BCUT2D eigenvalue weighted by Crippen LogP contribution is 2.25. The van der Waals surface area contributed by atoms with Gasteiger partial charge in [-0.2, -0.15) is 4.98 Å². The molecule has 0 aliphatic carbocycles. The minimum atomic E-state index is -0.383. The fourth-order valence-electron chi connectivity index (χ4n) is 2.97. The molecule has 0 atom stereocenters. The Hall–Kier alpha value is -3.72. The van der Waals surface area contributed by atoms with Crippen molar-refractivity contribution in [2.75, 3.05) is 0 Å². The largest absolute Gasteiger partial charge is 0.461 e. The highest BCUT2D eigenvalue weighted by molar-refractivity contribution is 7.98. The molecule has 148 valence electrons. The smallest absolute Gasteiger partial charge is 0.266 e. The van der Waals surface area contributed by atoms with Gasteiger partial charge in [0, 0.05) is 0 Å². The zero-order valence-electron chi connectivity index (χ0n) is 15.4. The normalized spacial score (nSPS) is 11.2. The standard InChI is InChI=1S/C21H13FN4O3S/c22-13-7-9-14(10-8-13)26-20(27)15-4-1-2-5-16(15)23-21(26)30-12-18-24-19(25-29-18)17-6-3-11-28-17/h1-11H,12H2. The van der Waals surface area contributed by atoms with Crippen LogP contribution in [0.1, 0.15) is 5.89 Å². The van der Waals surface area contributed by atoms with E-state index in [2.05, 4.69) is 15.1 Å². The molecular formula is C21H13FN4O3S. The SMILES string of the molecule is O=c1c2ccccc2nc(SCc2nc(-c3ccco3)no2)n1-c1ccc(F)cc1. The molecular weight excluding hydrogens is 407 g/mol.